The van der Waals surface area contributed by atoms with E-state index in [2.05, 4.69) is 0 Å². The number of hydrogen-bond acceptors (Lipinski definition) is 3. The van der Waals surface area contributed by atoms with E-state index < -0.39 is 0 Å². The molecule has 0 aliphatic carbocycles. The van der Waals surface area contributed by atoms with Crippen molar-refractivity contribution in [3.63, 3.8) is 0 Å². The molecule has 58 valence electrons. The molecule has 1 rings (SSSR count). The molecular formula is C8H8O3. The van der Waals surface area contributed by atoms with Gasteiger partial charge in [-0.1, -0.05) is 12.2 Å². The second-order valence-electron chi connectivity index (χ2n) is 1.94. The third-order valence-corrected chi connectivity index (χ3v) is 1.24. The Morgan fingerprint density at radius 3 is 3.09 bits per heavy atom. The van der Waals surface area contributed by atoms with Crippen LogP contribution in [0.2, 0.25) is 0 Å². The predicted molar refractivity (Wildman–Crippen MR) is 40.2 cm³/mol. The van der Waals surface area contributed by atoms with Crippen LogP contribution in [0.1, 0.15) is 16.1 Å². The van der Waals surface area contributed by atoms with Crippen LogP contribution < -0.4 is 0 Å². The van der Waals surface area contributed by atoms with E-state index in [-0.39, 0.29) is 12.4 Å². The molecule has 0 aliphatic heterocycles. The first kappa shape index (κ1) is 7.75. The Labute approximate surface area is 64.0 Å². The molecule has 0 spiro atoms. The number of aliphatic hydroxyl groups is 1. The summed E-state index contributed by atoms with van der Waals surface area (Å²) in [5, 5.41) is 8.42. The van der Waals surface area contributed by atoms with Crippen molar-refractivity contribution in [2.24, 2.45) is 0 Å². The Bertz CT molecular complexity index is 260. The summed E-state index contributed by atoms with van der Waals surface area (Å²) in [7, 11) is 0. The molecule has 3 nitrogen and oxygen atoms in total. The summed E-state index contributed by atoms with van der Waals surface area (Å²) in [5.41, 5.74) is 0.689. The van der Waals surface area contributed by atoms with Crippen molar-refractivity contribution in [1.82, 2.24) is 0 Å². The first-order valence-corrected chi connectivity index (χ1v) is 3.18. The minimum absolute atomic E-state index is 0.0382. The number of aliphatic hydroxyl groups excluding tert-OH is 1. The van der Waals surface area contributed by atoms with Gasteiger partial charge in [-0.15, -0.1) is 0 Å². The van der Waals surface area contributed by atoms with Crippen molar-refractivity contribution in [2.45, 2.75) is 0 Å². The molecule has 0 amide bonds. The van der Waals surface area contributed by atoms with Crippen molar-refractivity contribution < 1.29 is 14.3 Å². The molecule has 3 heteroatoms. The molecule has 11 heavy (non-hydrogen) atoms. The van der Waals surface area contributed by atoms with Gasteiger partial charge in [-0.05, 0) is 6.07 Å². The van der Waals surface area contributed by atoms with Gasteiger partial charge in [0.15, 0.2) is 12.0 Å². The van der Waals surface area contributed by atoms with Gasteiger partial charge in [0, 0.05) is 5.56 Å². The number of furan rings is 1. The molecule has 1 heterocycles. The molecule has 1 N–H and O–H groups in total. The van der Waals surface area contributed by atoms with Crippen LogP contribution in [0, 0.1) is 0 Å². The van der Waals surface area contributed by atoms with E-state index in [9.17, 15) is 4.79 Å². The second kappa shape index (κ2) is 3.73. The topological polar surface area (TPSA) is 50.4 Å². The highest BCUT2D eigenvalue weighted by molar-refractivity contribution is 5.77. The van der Waals surface area contributed by atoms with Crippen LogP contribution in [0.4, 0.5) is 0 Å². The normalized spacial score (nSPS) is 10.6. The summed E-state index contributed by atoms with van der Waals surface area (Å²) in [6, 6.07) is 1.66. The maximum Gasteiger partial charge on any atom is 0.185 e. The van der Waals surface area contributed by atoms with Crippen LogP contribution in [0.25, 0.3) is 6.08 Å². The standard InChI is InChI=1S/C8H8O3/c9-4-1-2-7-3-5-11-8(7)6-10/h1-3,5-6,9H,4H2. The lowest BCUT2D eigenvalue weighted by atomic mass is 10.2. The van der Waals surface area contributed by atoms with E-state index in [0.29, 0.717) is 11.8 Å². The number of carbonyl (C=O) groups excluding carboxylic acids is 1. The first-order valence-electron chi connectivity index (χ1n) is 3.18. The Balaban J connectivity index is 2.84. The summed E-state index contributed by atoms with van der Waals surface area (Å²) in [4.78, 5) is 10.3. The second-order valence-corrected chi connectivity index (χ2v) is 1.94. The van der Waals surface area contributed by atoms with Crippen LogP contribution in [0.5, 0.6) is 0 Å². The summed E-state index contributed by atoms with van der Waals surface area (Å²) in [6.45, 7) is -0.0382. The van der Waals surface area contributed by atoms with Gasteiger partial charge in [0.2, 0.25) is 0 Å². The average molecular weight is 152 g/mol. The van der Waals surface area contributed by atoms with Crippen LogP contribution in [0.3, 0.4) is 0 Å². The van der Waals surface area contributed by atoms with Gasteiger partial charge in [-0.25, -0.2) is 0 Å². The molecule has 0 radical (unpaired) electrons. The SMILES string of the molecule is O=Cc1occc1C=CCO. The van der Waals surface area contributed by atoms with E-state index in [1.165, 1.54) is 12.3 Å². The van der Waals surface area contributed by atoms with E-state index in [0.717, 1.165) is 0 Å². The zero-order chi connectivity index (χ0) is 8.10. The Hall–Kier alpha value is -1.35. The van der Waals surface area contributed by atoms with E-state index in [1.807, 2.05) is 0 Å². The van der Waals surface area contributed by atoms with Crippen LogP contribution in [0.15, 0.2) is 22.8 Å². The summed E-state index contributed by atoms with van der Waals surface area (Å²) < 4.78 is 4.81. The van der Waals surface area contributed by atoms with Gasteiger partial charge in [-0.3, -0.25) is 4.79 Å². The average Bonchev–Trinajstić information content (AvgIpc) is 2.47. The molecule has 0 saturated carbocycles. The van der Waals surface area contributed by atoms with E-state index in [1.54, 1.807) is 12.1 Å². The third kappa shape index (κ3) is 1.78. The molecule has 1 aromatic heterocycles. The van der Waals surface area contributed by atoms with Crippen LogP contribution >= 0.6 is 0 Å². The van der Waals surface area contributed by atoms with E-state index in [4.69, 9.17) is 9.52 Å². The number of carbonyl (C=O) groups is 1. The van der Waals surface area contributed by atoms with Crippen molar-refractivity contribution in [2.75, 3.05) is 6.61 Å². The van der Waals surface area contributed by atoms with Crippen LogP contribution in [-0.2, 0) is 0 Å². The van der Waals surface area contributed by atoms with Crippen molar-refractivity contribution in [1.29, 1.82) is 0 Å². The van der Waals surface area contributed by atoms with Crippen molar-refractivity contribution in [3.05, 3.63) is 29.7 Å². The van der Waals surface area contributed by atoms with Gasteiger partial charge < -0.3 is 9.52 Å². The molecule has 0 atom stereocenters. The Kier molecular flexibility index (Phi) is 2.63. The monoisotopic (exact) mass is 152 g/mol. The quantitative estimate of drug-likeness (QED) is 0.660. The lowest BCUT2D eigenvalue weighted by Gasteiger charge is -1.84. The molecule has 0 aromatic carbocycles. The fourth-order valence-electron chi connectivity index (χ4n) is 0.744. The zero-order valence-electron chi connectivity index (χ0n) is 5.86. The first-order chi connectivity index (χ1) is 5.38. The molecule has 1 aromatic rings. The Morgan fingerprint density at radius 1 is 1.64 bits per heavy atom. The molecule has 0 saturated heterocycles. The maximum atomic E-state index is 10.3. The molecule has 0 fully saturated rings. The highest BCUT2D eigenvalue weighted by atomic mass is 16.3. The zero-order valence-corrected chi connectivity index (χ0v) is 5.86. The maximum absolute atomic E-state index is 10.3. The minimum Gasteiger partial charge on any atom is -0.461 e. The van der Waals surface area contributed by atoms with Crippen molar-refractivity contribution >= 4 is 12.4 Å². The predicted octanol–water partition coefficient (Wildman–Crippen LogP) is 1.10. The summed E-state index contributed by atoms with van der Waals surface area (Å²) >= 11 is 0. The summed E-state index contributed by atoms with van der Waals surface area (Å²) in [5.74, 6) is 0.287. The van der Waals surface area contributed by atoms with Crippen LogP contribution in [-0.4, -0.2) is 18.0 Å². The summed E-state index contributed by atoms with van der Waals surface area (Å²) in [6.07, 6.45) is 5.24. The lowest BCUT2D eigenvalue weighted by molar-refractivity contribution is 0.110. The molecule has 0 unspecified atom stereocenters. The van der Waals surface area contributed by atoms with Gasteiger partial charge in [0.1, 0.15) is 0 Å². The van der Waals surface area contributed by atoms with Gasteiger partial charge in [-0.2, -0.15) is 0 Å². The van der Waals surface area contributed by atoms with Gasteiger partial charge >= 0.3 is 0 Å². The Morgan fingerprint density at radius 2 is 2.45 bits per heavy atom. The van der Waals surface area contributed by atoms with Gasteiger partial charge in [0.05, 0.1) is 12.9 Å². The van der Waals surface area contributed by atoms with E-state index >= 15 is 0 Å². The highest BCUT2D eigenvalue weighted by Crippen LogP contribution is 2.09. The fraction of sp³-hybridized carbons (Fsp3) is 0.125. The number of hydrogen-bond donors (Lipinski definition) is 1. The smallest absolute Gasteiger partial charge is 0.185 e. The third-order valence-electron chi connectivity index (χ3n) is 1.24. The number of rotatable bonds is 3. The largest absolute Gasteiger partial charge is 0.461 e. The molecular weight excluding hydrogens is 144 g/mol. The molecule has 0 aliphatic rings. The van der Waals surface area contributed by atoms with Crippen molar-refractivity contribution in [3.8, 4) is 0 Å². The fourth-order valence-corrected chi connectivity index (χ4v) is 0.744. The highest BCUT2D eigenvalue weighted by Gasteiger charge is 1.99. The lowest BCUT2D eigenvalue weighted by Crippen LogP contribution is -1.78. The van der Waals surface area contributed by atoms with Gasteiger partial charge in [0.25, 0.3) is 0 Å². The molecule has 0 bridgehead atoms. The number of aldehydes is 1. The minimum atomic E-state index is -0.0382.